The summed E-state index contributed by atoms with van der Waals surface area (Å²) in [5, 5.41) is 5.73. The van der Waals surface area contributed by atoms with Crippen LogP contribution in [0, 0.1) is 5.92 Å². The van der Waals surface area contributed by atoms with Gasteiger partial charge in [0.2, 0.25) is 5.78 Å². The second-order valence-electron chi connectivity index (χ2n) is 4.31. The van der Waals surface area contributed by atoms with Gasteiger partial charge in [0.05, 0.1) is 0 Å². The number of nitrogens with zero attached hydrogens (tertiary/aromatic N) is 1. The maximum atomic E-state index is 11.6. The summed E-state index contributed by atoms with van der Waals surface area (Å²) in [4.78, 5) is 15.5. The molecule has 4 nitrogen and oxygen atoms in total. The highest BCUT2D eigenvalue weighted by molar-refractivity contribution is 7.11. The molecule has 1 atom stereocenters. The second kappa shape index (κ2) is 6.83. The minimum atomic E-state index is -0.0123. The van der Waals surface area contributed by atoms with Gasteiger partial charge in [-0.3, -0.25) is 4.79 Å². The summed E-state index contributed by atoms with van der Waals surface area (Å²) >= 11 is 1.37. The molecule has 1 aliphatic rings. The van der Waals surface area contributed by atoms with E-state index in [4.69, 9.17) is 4.74 Å². The first-order valence-corrected chi connectivity index (χ1v) is 6.95. The molecule has 1 aromatic rings. The average Bonchev–Trinajstić information content (AvgIpc) is 2.89. The lowest BCUT2D eigenvalue weighted by atomic mass is 9.97. The standard InChI is InChI=1S/C12H18N2O2S/c15-11(12-14-5-7-17-12)9-16-6-3-10-2-1-4-13-8-10/h5,7,10,13H,1-4,6,8-9H2/t10-/m0/s1. The lowest BCUT2D eigenvalue weighted by Crippen LogP contribution is -2.30. The van der Waals surface area contributed by atoms with Crippen LogP contribution in [0.4, 0.5) is 0 Å². The van der Waals surface area contributed by atoms with Crippen molar-refractivity contribution in [1.29, 1.82) is 0 Å². The Balaban J connectivity index is 1.58. The van der Waals surface area contributed by atoms with Crippen molar-refractivity contribution in [2.24, 2.45) is 5.92 Å². The quantitative estimate of drug-likeness (QED) is 0.620. The van der Waals surface area contributed by atoms with Crippen LogP contribution in [-0.2, 0) is 4.74 Å². The lowest BCUT2D eigenvalue weighted by Gasteiger charge is -2.22. The fourth-order valence-corrected chi connectivity index (χ4v) is 2.57. The van der Waals surface area contributed by atoms with Crippen molar-refractivity contribution in [3.8, 4) is 0 Å². The molecule has 0 aliphatic carbocycles. The van der Waals surface area contributed by atoms with E-state index in [1.165, 1.54) is 24.2 Å². The Kier molecular flexibility index (Phi) is 5.09. The summed E-state index contributed by atoms with van der Waals surface area (Å²) in [7, 11) is 0. The van der Waals surface area contributed by atoms with Gasteiger partial charge in [0.1, 0.15) is 6.61 Å². The zero-order chi connectivity index (χ0) is 11.9. The molecule has 1 saturated heterocycles. The molecule has 0 spiro atoms. The Bertz CT molecular complexity index is 334. The van der Waals surface area contributed by atoms with E-state index in [0.717, 1.165) is 19.5 Å². The minimum absolute atomic E-state index is 0.0123. The van der Waals surface area contributed by atoms with E-state index >= 15 is 0 Å². The number of ether oxygens (including phenoxy) is 1. The number of piperidine rings is 1. The largest absolute Gasteiger partial charge is 0.373 e. The number of carbonyl (C=O) groups is 1. The van der Waals surface area contributed by atoms with Crippen molar-refractivity contribution in [2.75, 3.05) is 26.3 Å². The van der Waals surface area contributed by atoms with E-state index in [0.29, 0.717) is 17.5 Å². The highest BCUT2D eigenvalue weighted by atomic mass is 32.1. The Morgan fingerprint density at radius 1 is 1.65 bits per heavy atom. The Morgan fingerprint density at radius 3 is 3.29 bits per heavy atom. The van der Waals surface area contributed by atoms with E-state index in [1.807, 2.05) is 0 Å². The average molecular weight is 254 g/mol. The Morgan fingerprint density at radius 2 is 2.59 bits per heavy atom. The number of rotatable bonds is 6. The monoisotopic (exact) mass is 254 g/mol. The van der Waals surface area contributed by atoms with Gasteiger partial charge in [-0.1, -0.05) is 0 Å². The van der Waals surface area contributed by atoms with Crippen LogP contribution >= 0.6 is 11.3 Å². The van der Waals surface area contributed by atoms with E-state index < -0.39 is 0 Å². The van der Waals surface area contributed by atoms with E-state index in [9.17, 15) is 4.79 Å². The number of nitrogens with one attached hydrogen (secondary N) is 1. The first-order chi connectivity index (χ1) is 8.36. The molecule has 0 aromatic carbocycles. The summed E-state index contributed by atoms with van der Waals surface area (Å²) in [5.74, 6) is 0.695. The van der Waals surface area contributed by atoms with Crippen molar-refractivity contribution in [3.05, 3.63) is 16.6 Å². The molecule has 0 radical (unpaired) electrons. The van der Waals surface area contributed by atoms with Gasteiger partial charge in [-0.15, -0.1) is 11.3 Å². The van der Waals surface area contributed by atoms with Crippen molar-refractivity contribution >= 4 is 17.1 Å². The van der Waals surface area contributed by atoms with Crippen LogP contribution in [0.25, 0.3) is 0 Å². The van der Waals surface area contributed by atoms with Crippen LogP contribution < -0.4 is 5.32 Å². The van der Waals surface area contributed by atoms with Gasteiger partial charge in [-0.05, 0) is 38.3 Å². The van der Waals surface area contributed by atoms with Crippen LogP contribution in [-0.4, -0.2) is 37.1 Å². The summed E-state index contributed by atoms with van der Waals surface area (Å²) in [5.41, 5.74) is 0. The zero-order valence-corrected chi connectivity index (χ0v) is 10.7. The third-order valence-electron chi connectivity index (χ3n) is 2.97. The minimum Gasteiger partial charge on any atom is -0.373 e. The number of hydrogen-bond donors (Lipinski definition) is 1. The fourth-order valence-electron chi connectivity index (χ4n) is 2.01. The van der Waals surface area contributed by atoms with Crippen molar-refractivity contribution in [3.63, 3.8) is 0 Å². The van der Waals surface area contributed by atoms with Gasteiger partial charge >= 0.3 is 0 Å². The van der Waals surface area contributed by atoms with Crippen LogP contribution in [0.1, 0.15) is 29.1 Å². The number of ketones is 1. The zero-order valence-electron chi connectivity index (χ0n) is 9.85. The van der Waals surface area contributed by atoms with Crippen molar-refractivity contribution in [1.82, 2.24) is 10.3 Å². The van der Waals surface area contributed by atoms with Gasteiger partial charge in [0.25, 0.3) is 0 Å². The molecule has 5 heteroatoms. The molecule has 2 heterocycles. The molecule has 0 amide bonds. The molecule has 0 unspecified atom stereocenters. The molecule has 1 aliphatic heterocycles. The third kappa shape index (κ3) is 4.18. The molecule has 17 heavy (non-hydrogen) atoms. The maximum Gasteiger partial charge on any atom is 0.216 e. The van der Waals surface area contributed by atoms with Crippen molar-refractivity contribution in [2.45, 2.75) is 19.3 Å². The number of hydrogen-bond acceptors (Lipinski definition) is 5. The normalized spacial score (nSPS) is 20.4. The number of aromatic nitrogens is 1. The molecular weight excluding hydrogens is 236 g/mol. The topological polar surface area (TPSA) is 51.2 Å². The molecule has 1 fully saturated rings. The maximum absolute atomic E-state index is 11.6. The van der Waals surface area contributed by atoms with Crippen LogP contribution in [0.15, 0.2) is 11.6 Å². The van der Waals surface area contributed by atoms with Crippen molar-refractivity contribution < 1.29 is 9.53 Å². The molecule has 1 N–H and O–H groups in total. The predicted molar refractivity (Wildman–Crippen MR) is 67.5 cm³/mol. The molecule has 0 bridgehead atoms. The SMILES string of the molecule is O=C(COCC[C@@H]1CCCNC1)c1nccs1. The Labute approximate surface area is 105 Å². The van der Waals surface area contributed by atoms with Crippen LogP contribution in [0.5, 0.6) is 0 Å². The van der Waals surface area contributed by atoms with Gasteiger partial charge in [-0.2, -0.15) is 0 Å². The number of Topliss-reactive ketones (excluding diaryl/α,β-unsaturated/α-hetero) is 1. The van der Waals surface area contributed by atoms with Gasteiger partial charge in [-0.25, -0.2) is 4.98 Å². The highest BCUT2D eigenvalue weighted by Gasteiger charge is 2.13. The summed E-state index contributed by atoms with van der Waals surface area (Å²) in [6.07, 6.45) is 5.21. The van der Waals surface area contributed by atoms with Gasteiger partial charge in [0.15, 0.2) is 5.01 Å². The number of carbonyl (C=O) groups excluding carboxylic acids is 1. The molecule has 2 rings (SSSR count). The Hall–Kier alpha value is -0.780. The van der Waals surface area contributed by atoms with Crippen LogP contribution in [0.2, 0.25) is 0 Å². The molecule has 94 valence electrons. The fraction of sp³-hybridized carbons (Fsp3) is 0.667. The highest BCUT2D eigenvalue weighted by Crippen LogP contribution is 2.13. The van der Waals surface area contributed by atoms with Gasteiger partial charge in [0, 0.05) is 18.2 Å². The first kappa shape index (κ1) is 12.7. The third-order valence-corrected chi connectivity index (χ3v) is 3.79. The summed E-state index contributed by atoms with van der Waals surface area (Å²) in [6, 6.07) is 0. The van der Waals surface area contributed by atoms with E-state index in [1.54, 1.807) is 11.6 Å². The molecule has 1 aromatic heterocycles. The predicted octanol–water partition coefficient (Wildman–Crippen LogP) is 1.73. The summed E-state index contributed by atoms with van der Waals surface area (Å²) < 4.78 is 5.41. The lowest BCUT2D eigenvalue weighted by molar-refractivity contribution is 0.0725. The van der Waals surface area contributed by atoms with E-state index in [-0.39, 0.29) is 12.4 Å². The second-order valence-corrected chi connectivity index (χ2v) is 5.21. The van der Waals surface area contributed by atoms with Gasteiger partial charge < -0.3 is 10.1 Å². The molecular formula is C12H18N2O2S. The first-order valence-electron chi connectivity index (χ1n) is 6.07. The van der Waals surface area contributed by atoms with Crippen LogP contribution in [0.3, 0.4) is 0 Å². The molecule has 0 saturated carbocycles. The smallest absolute Gasteiger partial charge is 0.216 e. The summed E-state index contributed by atoms with van der Waals surface area (Å²) in [6.45, 7) is 3.06. The van der Waals surface area contributed by atoms with E-state index in [2.05, 4.69) is 10.3 Å². The number of thiazole rings is 1.